The second-order valence-electron chi connectivity index (χ2n) is 9.70. The van der Waals surface area contributed by atoms with Gasteiger partial charge in [0, 0.05) is 47.3 Å². The molecule has 1 aliphatic heterocycles. The molecule has 8 nitrogen and oxygen atoms in total. The first-order chi connectivity index (χ1) is 16.7. The van der Waals surface area contributed by atoms with E-state index in [1.807, 2.05) is 81.1 Å². The number of nitrogens with zero attached hydrogens (tertiary/aromatic N) is 3. The fourth-order valence-electron chi connectivity index (χ4n) is 3.72. The Labute approximate surface area is 209 Å². The van der Waals surface area contributed by atoms with Crippen LogP contribution >= 0.6 is 0 Å². The lowest BCUT2D eigenvalue weighted by Gasteiger charge is -2.19. The predicted molar refractivity (Wildman–Crippen MR) is 141 cm³/mol. The van der Waals surface area contributed by atoms with Crippen LogP contribution in [0.3, 0.4) is 0 Å². The largest absolute Gasteiger partial charge is 0.340 e. The van der Waals surface area contributed by atoms with Gasteiger partial charge in [0.05, 0.1) is 4.90 Å². The number of hydrogen-bond acceptors (Lipinski definition) is 6. The van der Waals surface area contributed by atoms with Gasteiger partial charge in [-0.2, -0.15) is 4.98 Å². The van der Waals surface area contributed by atoms with Gasteiger partial charge >= 0.3 is 0 Å². The van der Waals surface area contributed by atoms with Crippen LogP contribution in [-0.2, 0) is 11.0 Å². The maximum atomic E-state index is 12.6. The zero-order valence-corrected chi connectivity index (χ0v) is 21.4. The summed E-state index contributed by atoms with van der Waals surface area (Å²) in [5.41, 5.74) is 2.87. The molecule has 2 heterocycles. The molecule has 1 saturated heterocycles. The number of benzene rings is 2. The smallest absolute Gasteiger partial charge is 0.253 e. The summed E-state index contributed by atoms with van der Waals surface area (Å²) in [6.45, 7) is 9.52. The maximum absolute atomic E-state index is 12.6. The van der Waals surface area contributed by atoms with Gasteiger partial charge in [0.15, 0.2) is 0 Å². The molecule has 0 radical (unpaired) electrons. The van der Waals surface area contributed by atoms with Crippen molar-refractivity contribution >= 4 is 40.0 Å². The second kappa shape index (κ2) is 10.5. The molecule has 0 spiro atoms. The lowest BCUT2D eigenvalue weighted by molar-refractivity contribution is 0.0793. The molecule has 1 atom stereocenters. The summed E-state index contributed by atoms with van der Waals surface area (Å²) in [5.74, 6) is 1.16. The van der Waals surface area contributed by atoms with E-state index < -0.39 is 11.0 Å². The van der Waals surface area contributed by atoms with Crippen molar-refractivity contribution in [1.29, 1.82) is 0 Å². The van der Waals surface area contributed by atoms with E-state index in [0.717, 1.165) is 42.9 Å². The highest BCUT2D eigenvalue weighted by molar-refractivity contribution is 7.83. The molecule has 35 heavy (non-hydrogen) atoms. The number of aromatic nitrogens is 2. The highest BCUT2D eigenvalue weighted by Crippen LogP contribution is 2.23. The molecule has 3 N–H and O–H groups in total. The number of hydrogen-bond donors (Lipinski definition) is 3. The number of aryl methyl sites for hydroxylation is 1. The molecule has 184 valence electrons. The minimum absolute atomic E-state index is 0.0768. The predicted octanol–water partition coefficient (Wildman–Crippen LogP) is 4.92. The topological polar surface area (TPSA) is 99.2 Å². The third kappa shape index (κ3) is 6.64. The molecule has 2 aromatic carbocycles. The molecular formula is C26H32N6O2S. The van der Waals surface area contributed by atoms with Gasteiger partial charge in [-0.1, -0.05) is 6.07 Å². The summed E-state index contributed by atoms with van der Waals surface area (Å²) in [6.07, 6.45) is 3.89. The average molecular weight is 493 g/mol. The van der Waals surface area contributed by atoms with Crippen LogP contribution in [0.2, 0.25) is 0 Å². The van der Waals surface area contributed by atoms with Crippen LogP contribution in [0.4, 0.5) is 23.1 Å². The molecule has 1 aliphatic rings. The van der Waals surface area contributed by atoms with E-state index in [9.17, 15) is 9.00 Å². The van der Waals surface area contributed by atoms with Gasteiger partial charge < -0.3 is 15.5 Å². The highest BCUT2D eigenvalue weighted by atomic mass is 32.2. The Balaban J connectivity index is 1.45. The lowest BCUT2D eigenvalue weighted by atomic mass is 10.1. The molecular weight excluding hydrogens is 460 g/mol. The molecule has 1 fully saturated rings. The van der Waals surface area contributed by atoms with Gasteiger partial charge in [0.25, 0.3) is 5.91 Å². The average Bonchev–Trinajstić information content (AvgIpc) is 3.35. The van der Waals surface area contributed by atoms with E-state index in [1.54, 1.807) is 6.20 Å². The van der Waals surface area contributed by atoms with Crippen LogP contribution in [0, 0.1) is 6.92 Å². The van der Waals surface area contributed by atoms with Gasteiger partial charge in [-0.3, -0.25) is 4.79 Å². The van der Waals surface area contributed by atoms with Crippen LogP contribution in [0.5, 0.6) is 0 Å². The summed E-state index contributed by atoms with van der Waals surface area (Å²) >= 11 is 0. The second-order valence-corrected chi connectivity index (χ2v) is 10.9. The molecule has 1 unspecified atom stereocenters. The molecule has 0 bridgehead atoms. The highest BCUT2D eigenvalue weighted by Gasteiger charge is 2.19. The Bertz CT molecular complexity index is 1220. The number of nitrogens with one attached hydrogen (secondary N) is 3. The van der Waals surface area contributed by atoms with Crippen molar-refractivity contribution in [3.05, 3.63) is 65.9 Å². The van der Waals surface area contributed by atoms with Crippen molar-refractivity contribution in [1.82, 2.24) is 19.6 Å². The Kier molecular flexibility index (Phi) is 7.47. The number of carbonyl (C=O) groups is 1. The van der Waals surface area contributed by atoms with Crippen LogP contribution in [0.15, 0.2) is 59.6 Å². The minimum Gasteiger partial charge on any atom is -0.340 e. The number of amides is 1. The quantitative estimate of drug-likeness (QED) is 0.433. The summed E-state index contributed by atoms with van der Waals surface area (Å²) in [7, 11) is -1.33. The first-order valence-electron chi connectivity index (χ1n) is 11.7. The lowest BCUT2D eigenvalue weighted by Crippen LogP contribution is -2.37. The molecule has 0 aliphatic carbocycles. The van der Waals surface area contributed by atoms with Gasteiger partial charge in [-0.25, -0.2) is 13.9 Å². The van der Waals surface area contributed by atoms with Gasteiger partial charge in [-0.15, -0.1) is 0 Å². The van der Waals surface area contributed by atoms with Crippen LogP contribution in [-0.4, -0.2) is 43.6 Å². The third-order valence-corrected chi connectivity index (χ3v) is 6.94. The van der Waals surface area contributed by atoms with Crippen molar-refractivity contribution < 1.29 is 9.00 Å². The fraction of sp³-hybridized carbons (Fsp3) is 0.346. The van der Waals surface area contributed by atoms with E-state index >= 15 is 0 Å². The van der Waals surface area contributed by atoms with Crippen LogP contribution in [0.25, 0.3) is 0 Å². The van der Waals surface area contributed by atoms with Crippen molar-refractivity contribution in [3.63, 3.8) is 0 Å². The van der Waals surface area contributed by atoms with Crippen molar-refractivity contribution in [2.24, 2.45) is 0 Å². The molecule has 4 rings (SSSR count). The first-order valence-corrected chi connectivity index (χ1v) is 12.9. The molecule has 1 aromatic heterocycles. The molecule has 3 aromatic rings. The SMILES string of the molecule is Cc1cnc(Nc2ccc(C(=O)N3CCCC3)cc2)nc1Nc1cccc(S(=O)NC(C)(C)C)c1. The third-order valence-electron chi connectivity index (χ3n) is 5.46. The molecule has 1 amide bonds. The van der Waals surface area contributed by atoms with E-state index in [0.29, 0.717) is 22.2 Å². The van der Waals surface area contributed by atoms with E-state index in [1.165, 1.54) is 0 Å². The Morgan fingerprint density at radius 1 is 1.00 bits per heavy atom. The number of rotatable bonds is 7. The van der Waals surface area contributed by atoms with E-state index in [4.69, 9.17) is 0 Å². The Hall–Kier alpha value is -3.30. The van der Waals surface area contributed by atoms with Crippen molar-refractivity contribution in [2.45, 2.75) is 51.0 Å². The number of anilines is 4. The minimum atomic E-state index is -1.33. The monoisotopic (exact) mass is 492 g/mol. The van der Waals surface area contributed by atoms with Gasteiger partial charge in [0.2, 0.25) is 5.95 Å². The van der Waals surface area contributed by atoms with Crippen LogP contribution < -0.4 is 15.4 Å². The first kappa shape index (κ1) is 24.8. The maximum Gasteiger partial charge on any atom is 0.253 e. The van der Waals surface area contributed by atoms with Gasteiger partial charge in [0.1, 0.15) is 16.8 Å². The van der Waals surface area contributed by atoms with E-state index in [2.05, 4.69) is 25.3 Å². The summed E-state index contributed by atoms with van der Waals surface area (Å²) in [5, 5.41) is 6.51. The Morgan fingerprint density at radius 3 is 2.40 bits per heavy atom. The number of carbonyl (C=O) groups excluding carboxylic acids is 1. The summed E-state index contributed by atoms with van der Waals surface area (Å²) in [6, 6.07) is 14.8. The Morgan fingerprint density at radius 2 is 1.71 bits per heavy atom. The zero-order chi connectivity index (χ0) is 25.0. The van der Waals surface area contributed by atoms with Crippen molar-refractivity contribution in [2.75, 3.05) is 23.7 Å². The van der Waals surface area contributed by atoms with Crippen molar-refractivity contribution in [3.8, 4) is 0 Å². The molecule has 9 heteroatoms. The standard InChI is InChI=1S/C26H32N6O2S/c1-18-17-27-25(29-20-12-10-19(11-13-20)24(33)32-14-5-6-15-32)30-23(18)28-21-8-7-9-22(16-21)35(34)31-26(2,3)4/h7-13,16-17,31H,5-6,14-15H2,1-4H3,(H2,27,28,29,30). The van der Waals surface area contributed by atoms with E-state index in [-0.39, 0.29) is 11.4 Å². The summed E-state index contributed by atoms with van der Waals surface area (Å²) < 4.78 is 15.7. The van der Waals surface area contributed by atoms with Gasteiger partial charge in [-0.05, 0) is 83.0 Å². The summed E-state index contributed by atoms with van der Waals surface area (Å²) in [4.78, 5) is 24.1. The fourth-order valence-corrected chi connectivity index (χ4v) is 4.83. The normalized spacial score (nSPS) is 14.6. The zero-order valence-electron chi connectivity index (χ0n) is 20.6. The molecule has 0 saturated carbocycles. The number of likely N-dealkylation sites (tertiary alicyclic amines) is 1. The van der Waals surface area contributed by atoms with Crippen LogP contribution in [0.1, 0.15) is 49.5 Å².